The predicted octanol–water partition coefficient (Wildman–Crippen LogP) is 1.26. The third kappa shape index (κ3) is 4.72. The lowest BCUT2D eigenvalue weighted by molar-refractivity contribution is 0.948. The molecule has 0 saturated heterocycles. The minimum atomic E-state index is 0.560. The molecule has 0 unspecified atom stereocenters. The van der Waals surface area contributed by atoms with Crippen LogP contribution in [-0.4, -0.2) is 17.9 Å². The summed E-state index contributed by atoms with van der Waals surface area (Å²) in [6, 6.07) is 0. The summed E-state index contributed by atoms with van der Waals surface area (Å²) >= 11 is 4.84. The molecule has 2 N–H and O–H groups in total. The highest BCUT2D eigenvalue weighted by molar-refractivity contribution is 7.80. The molecule has 3 nitrogen and oxygen atoms in total. The van der Waals surface area contributed by atoms with Crippen LogP contribution in [0.5, 0.6) is 0 Å². The van der Waals surface area contributed by atoms with Crippen molar-refractivity contribution in [2.24, 2.45) is 5.10 Å². The average Bonchev–Trinajstić information content (AvgIpc) is 2.06. The van der Waals surface area contributed by atoms with Gasteiger partial charge in [-0.15, -0.1) is 0 Å². The summed E-state index contributed by atoms with van der Waals surface area (Å²) in [4.78, 5) is 0. The van der Waals surface area contributed by atoms with Crippen LogP contribution >= 0.6 is 12.2 Å². The molecule has 0 bridgehead atoms. The lowest BCUT2D eigenvalue weighted by Crippen LogP contribution is -2.29. The molecule has 0 radical (unpaired) electrons. The zero-order chi connectivity index (χ0) is 8.69. The first kappa shape index (κ1) is 10.4. The largest absolute Gasteiger partial charge is 0.364 e. The van der Waals surface area contributed by atoms with E-state index in [1.807, 2.05) is 0 Å². The number of rotatable bonds is 3. The van der Waals surface area contributed by atoms with Gasteiger partial charge in [-0.05, 0) is 25.1 Å². The molecule has 11 heavy (non-hydrogen) atoms. The molecule has 0 aromatic rings. The summed E-state index contributed by atoms with van der Waals surface area (Å²) in [6.07, 6.45) is 1.94. The van der Waals surface area contributed by atoms with E-state index in [1.54, 1.807) is 7.05 Å². The van der Waals surface area contributed by atoms with E-state index in [1.165, 1.54) is 0 Å². The summed E-state index contributed by atoms with van der Waals surface area (Å²) in [5.41, 5.74) is 3.87. The maximum absolute atomic E-state index is 4.84. The average molecular weight is 173 g/mol. The van der Waals surface area contributed by atoms with Gasteiger partial charge in [0.15, 0.2) is 5.11 Å². The second-order valence-electron chi connectivity index (χ2n) is 2.08. The molecule has 0 aliphatic heterocycles. The fraction of sp³-hybridized carbons (Fsp3) is 0.714. The van der Waals surface area contributed by atoms with Crippen LogP contribution in [0.15, 0.2) is 5.10 Å². The van der Waals surface area contributed by atoms with Crippen molar-refractivity contribution in [3.63, 3.8) is 0 Å². The standard InChI is InChI=1S/C7H15N3S/c1-4-6(5-2)9-10-7(11)8-3/h4-5H2,1-3H3,(H2,8,10,11). The number of thiocarbonyl (C=S) groups is 1. The molecule has 0 aliphatic carbocycles. The van der Waals surface area contributed by atoms with E-state index < -0.39 is 0 Å². The Kier molecular flexibility index (Phi) is 5.74. The van der Waals surface area contributed by atoms with Crippen molar-refractivity contribution >= 4 is 23.0 Å². The lowest BCUT2D eigenvalue weighted by Gasteiger charge is -2.02. The molecule has 0 amide bonds. The van der Waals surface area contributed by atoms with Gasteiger partial charge >= 0.3 is 0 Å². The Morgan fingerprint density at radius 2 is 1.91 bits per heavy atom. The van der Waals surface area contributed by atoms with Gasteiger partial charge in [-0.3, -0.25) is 5.43 Å². The van der Waals surface area contributed by atoms with Gasteiger partial charge in [-0.25, -0.2) is 0 Å². The van der Waals surface area contributed by atoms with E-state index >= 15 is 0 Å². The Hall–Kier alpha value is -0.640. The quantitative estimate of drug-likeness (QED) is 0.383. The zero-order valence-corrected chi connectivity index (χ0v) is 8.09. The molecule has 0 aromatic carbocycles. The maximum Gasteiger partial charge on any atom is 0.186 e. The second-order valence-corrected chi connectivity index (χ2v) is 2.48. The first-order valence-electron chi connectivity index (χ1n) is 3.77. The van der Waals surface area contributed by atoms with E-state index in [2.05, 4.69) is 29.7 Å². The first-order valence-corrected chi connectivity index (χ1v) is 4.18. The minimum absolute atomic E-state index is 0.560. The number of hydrogen-bond donors (Lipinski definition) is 2. The summed E-state index contributed by atoms with van der Waals surface area (Å²) in [5, 5.41) is 7.44. The topological polar surface area (TPSA) is 36.4 Å². The Morgan fingerprint density at radius 3 is 2.27 bits per heavy atom. The number of hydrogen-bond acceptors (Lipinski definition) is 2. The van der Waals surface area contributed by atoms with E-state index in [9.17, 15) is 0 Å². The van der Waals surface area contributed by atoms with Crippen LogP contribution in [0.3, 0.4) is 0 Å². The van der Waals surface area contributed by atoms with Gasteiger partial charge in [0.1, 0.15) is 0 Å². The van der Waals surface area contributed by atoms with Gasteiger partial charge in [0.25, 0.3) is 0 Å². The molecule has 0 rings (SSSR count). The molecule has 0 saturated carbocycles. The summed E-state index contributed by atoms with van der Waals surface area (Å²) in [7, 11) is 1.77. The molecular weight excluding hydrogens is 158 g/mol. The zero-order valence-electron chi connectivity index (χ0n) is 7.27. The molecule has 4 heteroatoms. The van der Waals surface area contributed by atoms with Crippen LogP contribution in [0.2, 0.25) is 0 Å². The summed E-state index contributed by atoms with van der Waals surface area (Å²) in [5.74, 6) is 0. The van der Waals surface area contributed by atoms with E-state index in [4.69, 9.17) is 12.2 Å². The van der Waals surface area contributed by atoms with Crippen molar-refractivity contribution in [2.45, 2.75) is 26.7 Å². The predicted molar refractivity (Wildman–Crippen MR) is 52.8 cm³/mol. The van der Waals surface area contributed by atoms with Crippen molar-refractivity contribution in [3.8, 4) is 0 Å². The fourth-order valence-corrected chi connectivity index (χ4v) is 0.639. The molecule has 0 spiro atoms. The first-order chi connectivity index (χ1) is 5.24. The van der Waals surface area contributed by atoms with Crippen LogP contribution in [0, 0.1) is 0 Å². The summed E-state index contributed by atoms with van der Waals surface area (Å²) in [6.45, 7) is 4.15. The van der Waals surface area contributed by atoms with E-state index in [-0.39, 0.29) is 0 Å². The molecule has 0 aromatic heterocycles. The molecule has 0 fully saturated rings. The van der Waals surface area contributed by atoms with Crippen molar-refractivity contribution in [1.82, 2.24) is 10.7 Å². The number of hydrazone groups is 1. The third-order valence-corrected chi connectivity index (χ3v) is 1.65. The van der Waals surface area contributed by atoms with Crippen molar-refractivity contribution in [2.75, 3.05) is 7.05 Å². The fourth-order valence-electron chi connectivity index (χ4n) is 0.594. The van der Waals surface area contributed by atoms with Crippen molar-refractivity contribution in [1.29, 1.82) is 0 Å². The van der Waals surface area contributed by atoms with Gasteiger partial charge in [0, 0.05) is 12.8 Å². The normalized spacial score (nSPS) is 8.64. The molecule has 0 atom stereocenters. The van der Waals surface area contributed by atoms with E-state index in [0.717, 1.165) is 18.6 Å². The Morgan fingerprint density at radius 1 is 1.36 bits per heavy atom. The minimum Gasteiger partial charge on any atom is -0.364 e. The Bertz CT molecular complexity index is 148. The number of nitrogens with one attached hydrogen (secondary N) is 2. The van der Waals surface area contributed by atoms with Crippen LogP contribution in [0.1, 0.15) is 26.7 Å². The molecule has 0 heterocycles. The van der Waals surface area contributed by atoms with Crippen LogP contribution in [0.4, 0.5) is 0 Å². The van der Waals surface area contributed by atoms with Gasteiger partial charge in [-0.1, -0.05) is 13.8 Å². The third-order valence-electron chi connectivity index (χ3n) is 1.36. The monoisotopic (exact) mass is 173 g/mol. The van der Waals surface area contributed by atoms with Crippen LogP contribution < -0.4 is 10.7 Å². The molecule has 0 aliphatic rings. The molecule has 64 valence electrons. The smallest absolute Gasteiger partial charge is 0.186 e. The van der Waals surface area contributed by atoms with Gasteiger partial charge in [0.2, 0.25) is 0 Å². The van der Waals surface area contributed by atoms with Crippen LogP contribution in [0.25, 0.3) is 0 Å². The van der Waals surface area contributed by atoms with Gasteiger partial charge < -0.3 is 5.32 Å². The number of nitrogens with zero attached hydrogens (tertiary/aromatic N) is 1. The maximum atomic E-state index is 4.84. The Labute approximate surface area is 73.3 Å². The highest BCUT2D eigenvalue weighted by Gasteiger charge is 1.91. The van der Waals surface area contributed by atoms with Gasteiger partial charge in [-0.2, -0.15) is 5.10 Å². The van der Waals surface area contributed by atoms with Crippen molar-refractivity contribution < 1.29 is 0 Å². The van der Waals surface area contributed by atoms with Crippen molar-refractivity contribution in [3.05, 3.63) is 0 Å². The second kappa shape index (κ2) is 6.09. The SMILES string of the molecule is CCC(CC)=NNC(=S)NC. The van der Waals surface area contributed by atoms with E-state index in [0.29, 0.717) is 5.11 Å². The lowest BCUT2D eigenvalue weighted by atomic mass is 10.2. The molecular formula is C7H15N3S. The highest BCUT2D eigenvalue weighted by atomic mass is 32.1. The highest BCUT2D eigenvalue weighted by Crippen LogP contribution is 1.89. The summed E-state index contributed by atoms with van der Waals surface area (Å²) < 4.78 is 0. The van der Waals surface area contributed by atoms with Gasteiger partial charge in [0.05, 0.1) is 0 Å². The van der Waals surface area contributed by atoms with Crippen LogP contribution in [-0.2, 0) is 0 Å². The Balaban J connectivity index is 3.78.